The lowest BCUT2D eigenvalue weighted by Crippen LogP contribution is -2.24. The number of nitrogens with one attached hydrogen (secondary N) is 1. The van der Waals surface area contributed by atoms with Crippen molar-refractivity contribution < 1.29 is 19.1 Å². The molecule has 0 aliphatic carbocycles. The topological polar surface area (TPSA) is 72.5 Å². The highest BCUT2D eigenvalue weighted by atomic mass is 35.5. The quantitative estimate of drug-likeness (QED) is 0.356. The largest absolute Gasteiger partial charge is 0.465 e. The molecule has 0 aromatic heterocycles. The molecule has 0 saturated heterocycles. The highest BCUT2D eigenvalue weighted by Crippen LogP contribution is 2.18. The molecule has 28 heavy (non-hydrogen) atoms. The van der Waals surface area contributed by atoms with Crippen molar-refractivity contribution in [2.45, 2.75) is 6.92 Å². The van der Waals surface area contributed by atoms with Crippen LogP contribution in [0.25, 0.3) is 0 Å². The molecule has 0 heterocycles. The molecule has 0 spiro atoms. The molecule has 2 aromatic rings. The first kappa shape index (κ1) is 21.7. The van der Waals surface area contributed by atoms with Crippen LogP contribution in [-0.4, -0.2) is 36.4 Å². The number of Topliss-reactive ketones (excluding diaryl/α,β-unsaturated/α-hetero) is 1. The van der Waals surface area contributed by atoms with E-state index in [1.165, 1.54) is 6.08 Å². The Balaban J connectivity index is 2.07. The predicted octanol–water partition coefficient (Wildman–Crippen LogP) is 4.13. The number of ether oxygens (including phenoxy) is 1. The molecule has 2 rings (SSSR count). The maximum Gasteiger partial charge on any atom is 0.325 e. The Bertz CT molecular complexity index is 850. The summed E-state index contributed by atoms with van der Waals surface area (Å²) >= 11 is 6.99. The second kappa shape index (κ2) is 11.3. The number of carbonyl (C=O) groups excluding carboxylic acids is 3. The van der Waals surface area contributed by atoms with Gasteiger partial charge in [0.1, 0.15) is 6.54 Å². The van der Waals surface area contributed by atoms with E-state index in [0.717, 1.165) is 11.8 Å². The van der Waals surface area contributed by atoms with Gasteiger partial charge in [-0.1, -0.05) is 41.9 Å². The number of benzene rings is 2. The molecule has 0 fully saturated rings. The molecule has 0 radical (unpaired) electrons. The van der Waals surface area contributed by atoms with Gasteiger partial charge in [0, 0.05) is 22.2 Å². The van der Waals surface area contributed by atoms with Gasteiger partial charge in [0.25, 0.3) is 0 Å². The first-order valence-corrected chi connectivity index (χ1v) is 9.98. The molecule has 0 amide bonds. The summed E-state index contributed by atoms with van der Waals surface area (Å²) in [5.41, 5.74) is 1.04. The van der Waals surface area contributed by atoms with Crippen LogP contribution in [0, 0.1) is 0 Å². The Morgan fingerprint density at radius 2 is 1.71 bits per heavy atom. The highest BCUT2D eigenvalue weighted by molar-refractivity contribution is 8.03. The maximum absolute atomic E-state index is 12.4. The Kier molecular flexibility index (Phi) is 8.78. The summed E-state index contributed by atoms with van der Waals surface area (Å²) in [5.74, 6) is -0.674. The predicted molar refractivity (Wildman–Crippen MR) is 112 cm³/mol. The lowest BCUT2D eigenvalue weighted by Gasteiger charge is -2.10. The van der Waals surface area contributed by atoms with Crippen molar-refractivity contribution in [3.63, 3.8) is 0 Å². The van der Waals surface area contributed by atoms with E-state index in [1.807, 2.05) is 6.07 Å². The zero-order valence-electron chi connectivity index (χ0n) is 15.3. The average molecular weight is 418 g/mol. The Hall–Kier alpha value is -2.57. The maximum atomic E-state index is 12.4. The van der Waals surface area contributed by atoms with Crippen molar-refractivity contribution in [3.8, 4) is 0 Å². The van der Waals surface area contributed by atoms with E-state index >= 15 is 0 Å². The number of esters is 1. The van der Waals surface area contributed by atoms with E-state index in [-0.39, 0.29) is 30.5 Å². The second-order valence-corrected chi connectivity index (χ2v) is 7.07. The lowest BCUT2D eigenvalue weighted by molar-refractivity contribution is -0.141. The summed E-state index contributed by atoms with van der Waals surface area (Å²) < 4.78 is 4.89. The number of hydrogen-bond donors (Lipinski definition) is 1. The van der Waals surface area contributed by atoms with Crippen LogP contribution >= 0.6 is 23.4 Å². The van der Waals surface area contributed by atoms with Crippen molar-refractivity contribution in [1.29, 1.82) is 0 Å². The summed E-state index contributed by atoms with van der Waals surface area (Å²) in [5, 5.41) is 3.85. The standard InChI is InChI=1S/C21H20ClNO4S/c1-2-27-21(26)13-23-20(12-18(24)15-6-4-3-5-7-15)28-14-19(25)16-8-10-17(22)11-9-16/h3-12,23H,2,13-14H2,1H3/b20-12-. The first-order valence-electron chi connectivity index (χ1n) is 8.61. The van der Waals surface area contributed by atoms with E-state index in [1.54, 1.807) is 55.5 Å². The van der Waals surface area contributed by atoms with Crippen molar-refractivity contribution in [2.24, 2.45) is 0 Å². The van der Waals surface area contributed by atoms with Crippen molar-refractivity contribution >= 4 is 40.9 Å². The Morgan fingerprint density at radius 1 is 1.04 bits per heavy atom. The second-order valence-electron chi connectivity index (χ2n) is 5.62. The van der Waals surface area contributed by atoms with E-state index in [4.69, 9.17) is 16.3 Å². The number of rotatable bonds is 10. The molecule has 5 nitrogen and oxygen atoms in total. The molecule has 0 aliphatic heterocycles. The van der Waals surface area contributed by atoms with Gasteiger partial charge in [0.15, 0.2) is 11.6 Å². The molecular weight excluding hydrogens is 398 g/mol. The number of thioether (sulfide) groups is 1. The number of halogens is 1. The monoisotopic (exact) mass is 417 g/mol. The van der Waals surface area contributed by atoms with Gasteiger partial charge >= 0.3 is 5.97 Å². The number of hydrogen-bond acceptors (Lipinski definition) is 6. The summed E-state index contributed by atoms with van der Waals surface area (Å²) in [7, 11) is 0. The van der Waals surface area contributed by atoms with Crippen molar-refractivity contribution in [1.82, 2.24) is 5.32 Å². The SMILES string of the molecule is CCOC(=O)CN/C(=C/C(=O)c1ccccc1)SCC(=O)c1ccc(Cl)cc1. The van der Waals surface area contributed by atoms with Crippen LogP contribution in [0.3, 0.4) is 0 Å². The van der Waals surface area contributed by atoms with Crippen LogP contribution in [0.4, 0.5) is 0 Å². The van der Waals surface area contributed by atoms with Gasteiger partial charge in [-0.2, -0.15) is 0 Å². The van der Waals surface area contributed by atoms with Crippen LogP contribution in [0.1, 0.15) is 27.6 Å². The minimum absolute atomic E-state index is 0.0934. The smallest absolute Gasteiger partial charge is 0.325 e. The minimum atomic E-state index is -0.440. The number of carbonyl (C=O) groups is 3. The van der Waals surface area contributed by atoms with Crippen LogP contribution in [0.5, 0.6) is 0 Å². The molecule has 0 unspecified atom stereocenters. The van der Waals surface area contributed by atoms with Crippen molar-refractivity contribution in [2.75, 3.05) is 18.9 Å². The number of allylic oxidation sites excluding steroid dienone is 1. The molecule has 0 bridgehead atoms. The summed E-state index contributed by atoms with van der Waals surface area (Å²) in [6, 6.07) is 15.3. The van der Waals surface area contributed by atoms with Crippen LogP contribution in [0.15, 0.2) is 65.7 Å². The molecule has 0 saturated carbocycles. The van der Waals surface area contributed by atoms with Crippen LogP contribution in [0.2, 0.25) is 5.02 Å². The third-order valence-corrected chi connectivity index (χ3v) is 4.79. The lowest BCUT2D eigenvalue weighted by atomic mass is 10.1. The van der Waals surface area contributed by atoms with Gasteiger partial charge in [-0.15, -0.1) is 11.8 Å². The molecule has 7 heteroatoms. The number of ketones is 2. The van der Waals surface area contributed by atoms with Crippen LogP contribution in [-0.2, 0) is 9.53 Å². The molecule has 0 aliphatic rings. The van der Waals surface area contributed by atoms with Crippen LogP contribution < -0.4 is 5.32 Å². The van der Waals surface area contributed by atoms with Gasteiger partial charge in [0.05, 0.1) is 17.4 Å². The van der Waals surface area contributed by atoms with E-state index in [2.05, 4.69) is 5.32 Å². The van der Waals surface area contributed by atoms with Gasteiger partial charge in [-0.25, -0.2) is 0 Å². The summed E-state index contributed by atoms with van der Waals surface area (Å²) in [6.07, 6.45) is 1.38. The molecule has 146 valence electrons. The highest BCUT2D eigenvalue weighted by Gasteiger charge is 2.12. The van der Waals surface area contributed by atoms with E-state index in [9.17, 15) is 14.4 Å². The average Bonchev–Trinajstić information content (AvgIpc) is 2.71. The van der Waals surface area contributed by atoms with E-state index in [0.29, 0.717) is 21.2 Å². The zero-order chi connectivity index (χ0) is 20.4. The summed E-state index contributed by atoms with van der Waals surface area (Å²) in [6.45, 7) is 1.89. The normalized spacial score (nSPS) is 11.0. The van der Waals surface area contributed by atoms with Gasteiger partial charge in [0.2, 0.25) is 0 Å². The zero-order valence-corrected chi connectivity index (χ0v) is 16.9. The fraction of sp³-hybridized carbons (Fsp3) is 0.190. The first-order chi connectivity index (χ1) is 13.5. The summed E-state index contributed by atoms with van der Waals surface area (Å²) in [4.78, 5) is 36.4. The Morgan fingerprint density at radius 3 is 2.36 bits per heavy atom. The fourth-order valence-corrected chi connectivity index (χ4v) is 3.13. The molecule has 0 atom stereocenters. The molecule has 1 N–H and O–H groups in total. The fourth-order valence-electron chi connectivity index (χ4n) is 2.18. The van der Waals surface area contributed by atoms with Gasteiger partial charge in [-0.3, -0.25) is 14.4 Å². The van der Waals surface area contributed by atoms with Gasteiger partial charge in [-0.05, 0) is 31.2 Å². The van der Waals surface area contributed by atoms with E-state index < -0.39 is 5.97 Å². The molecular formula is C21H20ClNO4S. The van der Waals surface area contributed by atoms with Gasteiger partial charge < -0.3 is 10.1 Å². The Labute approximate surface area is 173 Å². The third-order valence-electron chi connectivity index (χ3n) is 3.56. The molecule has 2 aromatic carbocycles. The third kappa shape index (κ3) is 7.21. The van der Waals surface area contributed by atoms with Crippen molar-refractivity contribution in [3.05, 3.63) is 81.9 Å². The minimum Gasteiger partial charge on any atom is -0.465 e.